The highest BCUT2D eigenvalue weighted by Gasteiger charge is 2.20. The second-order valence-corrected chi connectivity index (χ2v) is 3.20. The molecule has 1 atom stereocenters. The number of hydrogen-bond donors (Lipinski definition) is 2. The van der Waals surface area contributed by atoms with Gasteiger partial charge in [-0.3, -0.25) is 4.79 Å². The number of benzene rings is 1. The lowest BCUT2D eigenvalue weighted by Gasteiger charge is -2.11. The molecule has 1 aromatic carbocycles. The summed E-state index contributed by atoms with van der Waals surface area (Å²) in [5.74, 6) is -2.84. The summed E-state index contributed by atoms with van der Waals surface area (Å²) in [6.07, 6.45) is 0. The van der Waals surface area contributed by atoms with Crippen LogP contribution in [0.4, 0.5) is 4.39 Å². The molecule has 0 saturated carbocycles. The first-order valence-electron chi connectivity index (χ1n) is 4.86. The van der Waals surface area contributed by atoms with Gasteiger partial charge in [0.2, 0.25) is 0 Å². The Morgan fingerprint density at radius 1 is 1.56 bits per heavy atom. The Labute approximate surface area is 92.3 Å². The Morgan fingerprint density at radius 2 is 2.25 bits per heavy atom. The van der Waals surface area contributed by atoms with E-state index in [1.807, 2.05) is 0 Å². The Kier molecular flexibility index (Phi) is 4.25. The molecule has 2 N–H and O–H groups in total. The van der Waals surface area contributed by atoms with Crippen molar-refractivity contribution in [1.29, 1.82) is 0 Å². The molecular weight excluding hydrogens is 215 g/mol. The number of halogens is 1. The average Bonchev–Trinajstić information content (AvgIpc) is 2.22. The molecule has 4 nitrogen and oxygen atoms in total. The average molecular weight is 228 g/mol. The topological polar surface area (TPSA) is 66.8 Å². The van der Waals surface area contributed by atoms with Crippen LogP contribution in [0.3, 0.4) is 0 Å². The summed E-state index contributed by atoms with van der Waals surface area (Å²) in [6, 6.07) is 3.86. The van der Waals surface area contributed by atoms with Gasteiger partial charge in [0.15, 0.2) is 11.6 Å². The van der Waals surface area contributed by atoms with Gasteiger partial charge in [-0.15, -0.1) is 0 Å². The molecule has 0 saturated heterocycles. The number of aliphatic carboxylic acids is 1. The fraction of sp³-hybridized carbons (Fsp3) is 0.364. The molecule has 0 aliphatic rings. The van der Waals surface area contributed by atoms with Gasteiger partial charge < -0.3 is 14.9 Å². The van der Waals surface area contributed by atoms with Gasteiger partial charge in [0.25, 0.3) is 0 Å². The summed E-state index contributed by atoms with van der Waals surface area (Å²) in [6.45, 7) is 1.49. The van der Waals surface area contributed by atoms with Crippen molar-refractivity contribution in [3.8, 4) is 5.75 Å². The Balaban J connectivity index is 2.99. The number of ether oxygens (including phenoxy) is 1. The molecule has 1 unspecified atom stereocenters. The molecule has 16 heavy (non-hydrogen) atoms. The van der Waals surface area contributed by atoms with E-state index in [1.165, 1.54) is 12.1 Å². The van der Waals surface area contributed by atoms with Crippen molar-refractivity contribution in [1.82, 2.24) is 0 Å². The van der Waals surface area contributed by atoms with E-state index in [1.54, 1.807) is 6.92 Å². The molecule has 1 rings (SSSR count). The molecule has 0 bridgehead atoms. The van der Waals surface area contributed by atoms with E-state index in [9.17, 15) is 9.18 Å². The summed E-state index contributed by atoms with van der Waals surface area (Å²) >= 11 is 0. The van der Waals surface area contributed by atoms with Crippen LogP contribution in [-0.2, 0) is 4.79 Å². The quantitative estimate of drug-likeness (QED) is 0.799. The van der Waals surface area contributed by atoms with Crippen LogP contribution < -0.4 is 4.74 Å². The first-order valence-corrected chi connectivity index (χ1v) is 4.86. The van der Waals surface area contributed by atoms with Gasteiger partial charge in [0.1, 0.15) is 5.92 Å². The summed E-state index contributed by atoms with van der Waals surface area (Å²) in [5.41, 5.74) is 0.218. The van der Waals surface area contributed by atoms with Crippen molar-refractivity contribution in [3.05, 3.63) is 29.6 Å². The summed E-state index contributed by atoms with van der Waals surface area (Å²) in [7, 11) is 0. The van der Waals surface area contributed by atoms with E-state index >= 15 is 0 Å². The number of rotatable bonds is 5. The minimum Gasteiger partial charge on any atom is -0.491 e. The van der Waals surface area contributed by atoms with Crippen LogP contribution in [0, 0.1) is 5.82 Å². The van der Waals surface area contributed by atoms with Crippen LogP contribution >= 0.6 is 0 Å². The van der Waals surface area contributed by atoms with Crippen molar-refractivity contribution in [2.75, 3.05) is 13.2 Å². The number of aliphatic hydroxyl groups excluding tert-OH is 1. The summed E-state index contributed by atoms with van der Waals surface area (Å²) in [4.78, 5) is 10.7. The fourth-order valence-corrected chi connectivity index (χ4v) is 1.33. The lowest BCUT2D eigenvalue weighted by Crippen LogP contribution is -2.15. The third kappa shape index (κ3) is 2.70. The predicted molar refractivity (Wildman–Crippen MR) is 55.0 cm³/mol. The monoisotopic (exact) mass is 228 g/mol. The highest BCUT2D eigenvalue weighted by atomic mass is 19.1. The molecule has 0 amide bonds. The van der Waals surface area contributed by atoms with E-state index in [0.29, 0.717) is 6.61 Å². The second kappa shape index (κ2) is 5.46. The number of carbonyl (C=O) groups is 1. The number of hydrogen-bond acceptors (Lipinski definition) is 3. The van der Waals surface area contributed by atoms with E-state index in [4.69, 9.17) is 14.9 Å². The zero-order valence-corrected chi connectivity index (χ0v) is 8.81. The lowest BCUT2D eigenvalue weighted by molar-refractivity contribution is -0.139. The fourth-order valence-electron chi connectivity index (χ4n) is 1.33. The molecule has 0 aliphatic heterocycles. The van der Waals surface area contributed by atoms with Crippen molar-refractivity contribution < 1.29 is 24.1 Å². The molecule has 0 aliphatic carbocycles. The van der Waals surface area contributed by atoms with Gasteiger partial charge in [0, 0.05) is 0 Å². The lowest BCUT2D eigenvalue weighted by atomic mass is 10.00. The number of carboxylic acids is 1. The van der Waals surface area contributed by atoms with Crippen molar-refractivity contribution in [2.24, 2.45) is 0 Å². The maximum absolute atomic E-state index is 13.4. The SMILES string of the molecule is CCOc1ccc(C(CO)C(=O)O)cc1F. The standard InChI is InChI=1S/C11H13FO4/c1-2-16-10-4-3-7(5-9(10)12)8(6-13)11(14)15/h3-5,8,13H,2,6H2,1H3,(H,14,15). The van der Waals surface area contributed by atoms with Crippen molar-refractivity contribution >= 4 is 5.97 Å². The van der Waals surface area contributed by atoms with Gasteiger partial charge in [-0.2, -0.15) is 0 Å². The van der Waals surface area contributed by atoms with Crippen LogP contribution in [0.1, 0.15) is 18.4 Å². The van der Waals surface area contributed by atoms with Gasteiger partial charge in [-0.05, 0) is 24.6 Å². The van der Waals surface area contributed by atoms with Crippen molar-refractivity contribution in [3.63, 3.8) is 0 Å². The minimum absolute atomic E-state index is 0.0772. The molecule has 0 spiro atoms. The maximum atomic E-state index is 13.4. The second-order valence-electron chi connectivity index (χ2n) is 3.20. The van der Waals surface area contributed by atoms with Crippen LogP contribution in [0.25, 0.3) is 0 Å². The van der Waals surface area contributed by atoms with Gasteiger partial charge in [-0.25, -0.2) is 4.39 Å². The Morgan fingerprint density at radius 3 is 2.69 bits per heavy atom. The minimum atomic E-state index is -1.19. The zero-order chi connectivity index (χ0) is 12.1. The van der Waals surface area contributed by atoms with Crippen molar-refractivity contribution in [2.45, 2.75) is 12.8 Å². The third-order valence-electron chi connectivity index (χ3n) is 2.14. The predicted octanol–water partition coefficient (Wildman–Crippen LogP) is 1.38. The smallest absolute Gasteiger partial charge is 0.313 e. The molecule has 88 valence electrons. The Hall–Kier alpha value is -1.62. The van der Waals surface area contributed by atoms with Crippen LogP contribution in [-0.4, -0.2) is 29.4 Å². The summed E-state index contributed by atoms with van der Waals surface area (Å²) < 4.78 is 18.4. The molecule has 1 aromatic rings. The van der Waals surface area contributed by atoms with E-state index in [2.05, 4.69) is 0 Å². The molecule has 0 fully saturated rings. The first kappa shape index (κ1) is 12.4. The third-order valence-corrected chi connectivity index (χ3v) is 2.14. The van der Waals surface area contributed by atoms with Crippen LogP contribution in [0.15, 0.2) is 18.2 Å². The van der Waals surface area contributed by atoms with Crippen LogP contribution in [0.2, 0.25) is 0 Å². The number of carboxylic acid groups (broad SMARTS) is 1. The maximum Gasteiger partial charge on any atom is 0.313 e. The molecule has 0 radical (unpaired) electrons. The van der Waals surface area contributed by atoms with E-state index < -0.39 is 24.3 Å². The normalized spacial score (nSPS) is 12.2. The molecule has 5 heteroatoms. The molecule has 0 aromatic heterocycles. The highest BCUT2D eigenvalue weighted by Crippen LogP contribution is 2.23. The Bertz CT molecular complexity index is 378. The molecular formula is C11H13FO4. The summed E-state index contributed by atoms with van der Waals surface area (Å²) in [5, 5.41) is 17.7. The first-order chi connectivity index (χ1) is 7.60. The van der Waals surface area contributed by atoms with Gasteiger partial charge in [-0.1, -0.05) is 6.07 Å². The largest absolute Gasteiger partial charge is 0.491 e. The highest BCUT2D eigenvalue weighted by molar-refractivity contribution is 5.76. The zero-order valence-electron chi connectivity index (χ0n) is 8.81. The van der Waals surface area contributed by atoms with Gasteiger partial charge >= 0.3 is 5.97 Å². The van der Waals surface area contributed by atoms with E-state index in [0.717, 1.165) is 6.07 Å². The van der Waals surface area contributed by atoms with E-state index in [-0.39, 0.29) is 11.3 Å². The van der Waals surface area contributed by atoms with Gasteiger partial charge in [0.05, 0.1) is 13.2 Å². The molecule has 0 heterocycles. The van der Waals surface area contributed by atoms with Crippen LogP contribution in [0.5, 0.6) is 5.75 Å². The number of aliphatic hydroxyl groups is 1.